The molecule has 0 aromatic carbocycles. The molecule has 1 aliphatic rings. The molecule has 2 nitrogen and oxygen atoms in total. The molecular weight excluding hydrogens is 264 g/mol. The number of hydrogen-bond donors (Lipinski definition) is 0. The van der Waals surface area contributed by atoms with Gasteiger partial charge < -0.3 is 4.43 Å². The Bertz CT molecular complexity index is 330. The Balaban J connectivity index is 2.41. The zero-order valence-corrected chi connectivity index (χ0v) is 15.6. The Hall–Kier alpha value is -0.153. The first-order valence-corrected chi connectivity index (χ1v) is 11.1. The molecule has 0 unspecified atom stereocenters. The standard InChI is InChI=1S/C17H34O2Si/c1-13-8-9-15(16(18)12-13)14(2)10-11-19-20(6,7)17(3,4)5/h13-15H,8-12H2,1-7H3/t13-,14-,15+/m0/s1. The van der Waals surface area contributed by atoms with E-state index in [-0.39, 0.29) is 11.0 Å². The molecule has 1 rings (SSSR count). The van der Waals surface area contributed by atoms with Gasteiger partial charge in [0.05, 0.1) is 0 Å². The van der Waals surface area contributed by atoms with Crippen LogP contribution in [0.5, 0.6) is 0 Å². The van der Waals surface area contributed by atoms with E-state index in [0.717, 1.165) is 25.9 Å². The van der Waals surface area contributed by atoms with Crippen LogP contribution in [0.25, 0.3) is 0 Å². The number of hydrogen-bond acceptors (Lipinski definition) is 2. The third-order valence-corrected chi connectivity index (χ3v) is 10.0. The summed E-state index contributed by atoms with van der Waals surface area (Å²) in [5.74, 6) is 1.84. The normalized spacial score (nSPS) is 26.6. The van der Waals surface area contributed by atoms with Gasteiger partial charge in [-0.25, -0.2) is 0 Å². The van der Waals surface area contributed by atoms with Gasteiger partial charge in [0.25, 0.3) is 0 Å². The average molecular weight is 299 g/mol. The Morgan fingerprint density at radius 2 is 1.90 bits per heavy atom. The van der Waals surface area contributed by atoms with Crippen molar-refractivity contribution >= 4 is 14.1 Å². The lowest BCUT2D eigenvalue weighted by atomic mass is 9.75. The molecule has 0 heterocycles. The third kappa shape index (κ3) is 4.69. The molecule has 1 fully saturated rings. The van der Waals surface area contributed by atoms with Crippen molar-refractivity contribution in [1.82, 2.24) is 0 Å². The first-order valence-electron chi connectivity index (χ1n) is 8.21. The molecule has 0 amide bonds. The van der Waals surface area contributed by atoms with Crippen LogP contribution >= 0.6 is 0 Å². The van der Waals surface area contributed by atoms with Gasteiger partial charge in [-0.15, -0.1) is 0 Å². The second-order valence-corrected chi connectivity index (χ2v) is 13.1. The third-order valence-electron chi connectivity index (χ3n) is 5.46. The molecule has 0 spiro atoms. The van der Waals surface area contributed by atoms with Crippen molar-refractivity contribution in [3.63, 3.8) is 0 Å². The van der Waals surface area contributed by atoms with Crippen LogP contribution in [-0.4, -0.2) is 20.7 Å². The summed E-state index contributed by atoms with van der Waals surface area (Å²) in [6.07, 6.45) is 4.11. The monoisotopic (exact) mass is 298 g/mol. The highest BCUT2D eigenvalue weighted by Crippen LogP contribution is 2.37. The summed E-state index contributed by atoms with van der Waals surface area (Å²) in [7, 11) is -1.63. The van der Waals surface area contributed by atoms with Gasteiger partial charge in [-0.2, -0.15) is 0 Å². The smallest absolute Gasteiger partial charge is 0.191 e. The lowest BCUT2D eigenvalue weighted by Gasteiger charge is -2.37. The van der Waals surface area contributed by atoms with Crippen LogP contribution in [0.2, 0.25) is 18.1 Å². The fourth-order valence-electron chi connectivity index (χ4n) is 2.74. The largest absolute Gasteiger partial charge is 0.417 e. The Morgan fingerprint density at radius 3 is 2.40 bits per heavy atom. The molecule has 0 bridgehead atoms. The van der Waals surface area contributed by atoms with Crippen LogP contribution in [0, 0.1) is 17.8 Å². The summed E-state index contributed by atoms with van der Waals surface area (Å²) >= 11 is 0. The predicted octanol–water partition coefficient (Wildman–Crippen LogP) is 5.04. The van der Waals surface area contributed by atoms with Gasteiger partial charge in [0.15, 0.2) is 8.32 Å². The first-order chi connectivity index (χ1) is 9.04. The van der Waals surface area contributed by atoms with Crippen LogP contribution < -0.4 is 0 Å². The van der Waals surface area contributed by atoms with Crippen LogP contribution in [-0.2, 0) is 9.22 Å². The van der Waals surface area contributed by atoms with Gasteiger partial charge in [-0.05, 0) is 49.2 Å². The van der Waals surface area contributed by atoms with Crippen LogP contribution in [0.4, 0.5) is 0 Å². The van der Waals surface area contributed by atoms with E-state index in [2.05, 4.69) is 47.7 Å². The zero-order chi connectivity index (χ0) is 15.6. The van der Waals surface area contributed by atoms with Crippen molar-refractivity contribution in [2.24, 2.45) is 17.8 Å². The van der Waals surface area contributed by atoms with Crippen LogP contribution in [0.3, 0.4) is 0 Å². The topological polar surface area (TPSA) is 26.3 Å². The van der Waals surface area contributed by atoms with E-state index in [1.165, 1.54) is 6.42 Å². The number of Topliss-reactive ketones (excluding diaryl/α,β-unsaturated/α-hetero) is 1. The second kappa shape index (κ2) is 6.74. The number of carbonyl (C=O) groups is 1. The van der Waals surface area contributed by atoms with Crippen molar-refractivity contribution < 1.29 is 9.22 Å². The lowest BCUT2D eigenvalue weighted by Crippen LogP contribution is -2.41. The highest BCUT2D eigenvalue weighted by molar-refractivity contribution is 6.74. The minimum atomic E-state index is -1.63. The lowest BCUT2D eigenvalue weighted by molar-refractivity contribution is -0.127. The van der Waals surface area contributed by atoms with Gasteiger partial charge in [0, 0.05) is 18.9 Å². The molecular formula is C17H34O2Si. The maximum absolute atomic E-state index is 12.1. The molecule has 1 saturated carbocycles. The predicted molar refractivity (Wildman–Crippen MR) is 88.4 cm³/mol. The van der Waals surface area contributed by atoms with Crippen LogP contribution in [0.1, 0.15) is 60.3 Å². The molecule has 0 saturated heterocycles. The van der Waals surface area contributed by atoms with Gasteiger partial charge in [0.2, 0.25) is 0 Å². The molecule has 3 atom stereocenters. The van der Waals surface area contributed by atoms with E-state index in [1.54, 1.807) is 0 Å². The number of rotatable bonds is 5. The fourth-order valence-corrected chi connectivity index (χ4v) is 3.80. The molecule has 0 aromatic heterocycles. The Kier molecular flexibility index (Phi) is 6.03. The van der Waals surface area contributed by atoms with Crippen molar-refractivity contribution in [2.75, 3.05) is 6.61 Å². The Morgan fingerprint density at radius 1 is 1.30 bits per heavy atom. The minimum absolute atomic E-state index is 0.270. The summed E-state index contributed by atoms with van der Waals surface area (Å²) in [6, 6.07) is 0. The number of carbonyl (C=O) groups excluding carboxylic acids is 1. The maximum atomic E-state index is 12.1. The fraction of sp³-hybridized carbons (Fsp3) is 0.941. The number of ketones is 1. The van der Waals surface area contributed by atoms with Gasteiger partial charge >= 0.3 is 0 Å². The summed E-state index contributed by atoms with van der Waals surface area (Å²) in [5.41, 5.74) is 0. The molecule has 0 radical (unpaired) electrons. The van der Waals surface area contributed by atoms with Crippen molar-refractivity contribution in [3.8, 4) is 0 Å². The Labute approximate surface area is 126 Å². The average Bonchev–Trinajstić information content (AvgIpc) is 2.26. The first kappa shape index (κ1) is 17.9. The second-order valence-electron chi connectivity index (χ2n) is 8.33. The summed E-state index contributed by atoms with van der Waals surface area (Å²) in [6.45, 7) is 16.7. The van der Waals surface area contributed by atoms with E-state index in [4.69, 9.17) is 4.43 Å². The molecule has 20 heavy (non-hydrogen) atoms. The van der Waals surface area contributed by atoms with E-state index >= 15 is 0 Å². The van der Waals surface area contributed by atoms with Gasteiger partial charge in [-0.1, -0.05) is 34.6 Å². The zero-order valence-electron chi connectivity index (χ0n) is 14.6. The van der Waals surface area contributed by atoms with Gasteiger partial charge in [0.1, 0.15) is 5.78 Å². The highest BCUT2D eigenvalue weighted by atomic mass is 28.4. The quantitative estimate of drug-likeness (QED) is 0.665. The summed E-state index contributed by atoms with van der Waals surface area (Å²) in [4.78, 5) is 12.1. The van der Waals surface area contributed by atoms with E-state index < -0.39 is 8.32 Å². The minimum Gasteiger partial charge on any atom is -0.417 e. The highest BCUT2D eigenvalue weighted by Gasteiger charge is 2.37. The molecule has 118 valence electrons. The van der Waals surface area contributed by atoms with Crippen molar-refractivity contribution in [3.05, 3.63) is 0 Å². The molecule has 1 aliphatic carbocycles. The van der Waals surface area contributed by atoms with Gasteiger partial charge in [-0.3, -0.25) is 4.79 Å². The summed E-state index contributed by atoms with van der Waals surface area (Å²) < 4.78 is 6.24. The molecule has 0 aromatic rings. The SMILES string of the molecule is C[C@H]1CC[C@H]([C@@H](C)CCO[Si](C)(C)C(C)(C)C)C(=O)C1. The van der Waals surface area contributed by atoms with E-state index in [0.29, 0.717) is 17.6 Å². The maximum Gasteiger partial charge on any atom is 0.191 e. The van der Waals surface area contributed by atoms with Crippen molar-refractivity contribution in [1.29, 1.82) is 0 Å². The van der Waals surface area contributed by atoms with E-state index in [9.17, 15) is 4.79 Å². The van der Waals surface area contributed by atoms with Crippen molar-refractivity contribution in [2.45, 2.75) is 78.4 Å². The van der Waals surface area contributed by atoms with E-state index in [1.807, 2.05) is 0 Å². The molecule has 0 aliphatic heterocycles. The molecule has 3 heteroatoms. The molecule has 0 N–H and O–H groups in total. The van der Waals surface area contributed by atoms with Crippen LogP contribution in [0.15, 0.2) is 0 Å². The summed E-state index contributed by atoms with van der Waals surface area (Å²) in [5, 5.41) is 0.270.